The molecule has 0 unspecified atom stereocenters. The van der Waals surface area contributed by atoms with Crippen molar-refractivity contribution in [1.82, 2.24) is 20.0 Å². The Kier molecular flexibility index (Phi) is 16.3. The smallest absolute Gasteiger partial charge is 0.340 e. The average molecular weight is 956 g/mol. The van der Waals surface area contributed by atoms with Crippen molar-refractivity contribution in [2.75, 3.05) is 46.3 Å². The number of hydrogen-bond acceptors (Lipinski definition) is 10. The van der Waals surface area contributed by atoms with Gasteiger partial charge in [0, 0.05) is 36.8 Å². The molecule has 362 valence electrons. The number of rotatable bonds is 14. The summed E-state index contributed by atoms with van der Waals surface area (Å²) in [7, 11) is -3.26. The first-order valence-electron chi connectivity index (χ1n) is 22.2. The zero-order valence-corrected chi connectivity index (χ0v) is 39.4. The molecule has 19 heteroatoms. The Morgan fingerprint density at radius 3 is 2.07 bits per heavy atom. The molecule has 0 bridgehead atoms. The summed E-state index contributed by atoms with van der Waals surface area (Å²) in [5.41, 5.74) is -5.43. The molecule has 3 fully saturated rings. The molecule has 14 nitrogen and oxygen atoms in total. The Morgan fingerprint density at radius 2 is 1.46 bits per heavy atom. The second kappa shape index (κ2) is 21.4. The first-order chi connectivity index (χ1) is 31.6. The molecule has 3 aromatic rings. The van der Waals surface area contributed by atoms with Crippen molar-refractivity contribution in [3.05, 3.63) is 94.8 Å². The topological polar surface area (TPSA) is 148 Å². The van der Waals surface area contributed by atoms with Gasteiger partial charge in [-0.1, -0.05) is 48.5 Å². The lowest BCUT2D eigenvalue weighted by Crippen LogP contribution is -2.61. The second-order valence-corrected chi connectivity index (χ2v) is 20.8. The molecule has 67 heavy (non-hydrogen) atoms. The summed E-state index contributed by atoms with van der Waals surface area (Å²) in [6, 6.07) is 14.4. The summed E-state index contributed by atoms with van der Waals surface area (Å²) < 4.78 is 81.2. The Hall–Kier alpha value is -5.21. The summed E-state index contributed by atoms with van der Waals surface area (Å²) in [4.78, 5) is 76.1. The highest BCUT2D eigenvalue weighted by Gasteiger charge is 2.49. The number of likely N-dealkylation sites (tertiary alicyclic amines) is 1. The molecule has 0 spiro atoms. The van der Waals surface area contributed by atoms with E-state index in [4.69, 9.17) is 25.1 Å². The molecule has 5 atom stereocenters. The molecule has 3 saturated heterocycles. The molecule has 0 saturated carbocycles. The van der Waals surface area contributed by atoms with Crippen LogP contribution in [0.3, 0.4) is 0 Å². The van der Waals surface area contributed by atoms with E-state index in [2.05, 4.69) is 10.2 Å². The van der Waals surface area contributed by atoms with E-state index in [1.165, 1.54) is 34.1 Å². The minimum atomic E-state index is -3.89. The van der Waals surface area contributed by atoms with E-state index in [0.717, 1.165) is 17.7 Å². The number of alkyl halides is 4. The first kappa shape index (κ1) is 51.2. The number of hydrogen-bond donors (Lipinski definition) is 1. The van der Waals surface area contributed by atoms with Gasteiger partial charge in [0.05, 0.1) is 29.8 Å². The van der Waals surface area contributed by atoms with Crippen LogP contribution < -0.4 is 5.32 Å². The van der Waals surface area contributed by atoms with Gasteiger partial charge >= 0.3 is 17.6 Å². The van der Waals surface area contributed by atoms with E-state index < -0.39 is 105 Å². The van der Waals surface area contributed by atoms with Gasteiger partial charge in [-0.25, -0.2) is 15.4 Å². The van der Waals surface area contributed by atoms with Gasteiger partial charge in [-0.3, -0.25) is 37.9 Å². The number of fused-ring (bicyclic) bond motifs is 2. The summed E-state index contributed by atoms with van der Waals surface area (Å²) in [6.45, 7) is 15.4. The zero-order valence-electron chi connectivity index (χ0n) is 38.5. The lowest BCUT2D eigenvalue weighted by molar-refractivity contribution is -0.162. The van der Waals surface area contributed by atoms with E-state index in [0.29, 0.717) is 37.6 Å². The number of nitrogens with zero attached hydrogens (tertiary/aromatic N) is 4. The molecule has 6 rings (SSSR count). The van der Waals surface area contributed by atoms with Crippen molar-refractivity contribution in [1.29, 1.82) is 0 Å². The van der Waals surface area contributed by atoms with Gasteiger partial charge < -0.3 is 29.4 Å². The number of benzene rings is 3. The quantitative estimate of drug-likeness (QED) is 0.0553. The number of amides is 3. The lowest BCUT2D eigenvalue weighted by atomic mass is 9.85. The molecule has 3 heterocycles. The van der Waals surface area contributed by atoms with Crippen LogP contribution in [0.2, 0.25) is 0 Å². The Labute approximate surface area is 389 Å². The number of carbonyl (C=O) groups excluding carboxylic acids is 5. The van der Waals surface area contributed by atoms with Crippen molar-refractivity contribution >= 4 is 48.8 Å². The fraction of sp³-hybridized carbons (Fsp3) is 0.542. The van der Waals surface area contributed by atoms with Crippen molar-refractivity contribution in [2.24, 2.45) is 10.8 Å². The van der Waals surface area contributed by atoms with Crippen LogP contribution in [0.15, 0.2) is 66.7 Å². The summed E-state index contributed by atoms with van der Waals surface area (Å²) >= 11 is 0. The standard InChI is InChI=1S/C48H58F4N5O9P/c1-46(2,3)44(61)63-28-65-67(66-29-64-45(62)47(4,5)6)48(51,52)34-16-15-30-13-14-32(23-33(30)24-34)41(58)54-38-25-55(27-40(49)50)21-19-35-17-18-39(57(35)42(38)59)43(60)56-22-20-36(37(26-56)53-7)31-11-9-8-10-12-31/h8-16,23-24,35-40H,17-22,25-29H2,1-6H3,(H,54,58)/t35-,36-,37+,38+,39+/m1/s1. The molecular formula is C48H58F4N5O9P. The highest BCUT2D eigenvalue weighted by Crippen LogP contribution is 2.60. The van der Waals surface area contributed by atoms with Crippen LogP contribution in [0, 0.1) is 17.4 Å². The number of piperidine rings is 1. The minimum Gasteiger partial charge on any atom is -0.438 e. The minimum absolute atomic E-state index is 0.0294. The molecule has 0 aliphatic carbocycles. The number of ether oxygens (including phenoxy) is 2. The average Bonchev–Trinajstić information content (AvgIpc) is 3.71. The monoisotopic (exact) mass is 955 g/mol. The van der Waals surface area contributed by atoms with Crippen molar-refractivity contribution in [2.45, 2.75) is 109 Å². The normalized spacial score (nSPS) is 22.0. The predicted octanol–water partition coefficient (Wildman–Crippen LogP) is 8.06. The highest BCUT2D eigenvalue weighted by molar-refractivity contribution is 7.48. The Morgan fingerprint density at radius 1 is 0.821 bits per heavy atom. The summed E-state index contributed by atoms with van der Waals surface area (Å²) in [6.07, 6.45) is -1.06. The van der Waals surface area contributed by atoms with E-state index >= 15 is 8.78 Å². The lowest BCUT2D eigenvalue weighted by Gasteiger charge is -2.40. The molecule has 0 radical (unpaired) electrons. The number of nitrogens with one attached hydrogen (secondary N) is 1. The predicted molar refractivity (Wildman–Crippen MR) is 241 cm³/mol. The van der Waals surface area contributed by atoms with Crippen molar-refractivity contribution in [3.63, 3.8) is 0 Å². The van der Waals surface area contributed by atoms with Gasteiger partial charge in [-0.2, -0.15) is 8.78 Å². The third-order valence-corrected chi connectivity index (χ3v) is 13.6. The molecule has 1 N–H and O–H groups in total. The second-order valence-electron chi connectivity index (χ2n) is 19.2. The maximum atomic E-state index is 16.4. The van der Waals surface area contributed by atoms with Crippen LogP contribution in [0.1, 0.15) is 94.6 Å². The number of halogens is 4. The van der Waals surface area contributed by atoms with Gasteiger partial charge in [0.25, 0.3) is 20.7 Å². The zero-order chi connectivity index (χ0) is 48.8. The van der Waals surface area contributed by atoms with Gasteiger partial charge in [0.2, 0.25) is 17.9 Å². The van der Waals surface area contributed by atoms with E-state index in [9.17, 15) is 32.8 Å². The third kappa shape index (κ3) is 12.5. The largest absolute Gasteiger partial charge is 0.438 e. The highest BCUT2D eigenvalue weighted by atomic mass is 31.2. The summed E-state index contributed by atoms with van der Waals surface area (Å²) in [5, 5.41) is 3.35. The van der Waals surface area contributed by atoms with Crippen LogP contribution in [-0.4, -0.2) is 121 Å². The molecular weight excluding hydrogens is 898 g/mol. The molecule has 3 aliphatic heterocycles. The fourth-order valence-electron chi connectivity index (χ4n) is 8.52. The van der Waals surface area contributed by atoms with Gasteiger partial charge in [-0.05, 0) is 102 Å². The van der Waals surface area contributed by atoms with Crippen LogP contribution in [0.5, 0.6) is 0 Å². The Bertz CT molecular complexity index is 2290. The third-order valence-electron chi connectivity index (χ3n) is 12.2. The van der Waals surface area contributed by atoms with Crippen molar-refractivity contribution < 1.29 is 60.1 Å². The van der Waals surface area contributed by atoms with E-state index in [1.807, 2.05) is 30.3 Å². The van der Waals surface area contributed by atoms with Gasteiger partial charge in [0.15, 0.2) is 13.6 Å². The molecule has 3 aromatic carbocycles. The fourth-order valence-corrected chi connectivity index (χ4v) is 9.57. The first-order valence-corrected chi connectivity index (χ1v) is 23.4. The SMILES string of the molecule is [C-]#[N+][C@H]1CN(C(=O)[C@@H]2CC[C@@H]3CCN(CC(F)F)C[C@H](NC(=O)c4ccc5ccc(C(F)(F)P(OCOC(=O)C(C)(C)C)OCOC(=O)C(C)(C)C)cc5c4)C(=O)N32)CC[C@@H]1c1ccccc1. The number of carbonyl (C=O) groups is 5. The maximum Gasteiger partial charge on any atom is 0.340 e. The van der Waals surface area contributed by atoms with Crippen molar-refractivity contribution in [3.8, 4) is 0 Å². The maximum absolute atomic E-state index is 16.4. The Balaban J connectivity index is 1.21. The van der Waals surface area contributed by atoms with Gasteiger partial charge in [0.1, 0.15) is 12.1 Å². The van der Waals surface area contributed by atoms with Crippen LogP contribution in [0.4, 0.5) is 17.6 Å². The van der Waals surface area contributed by atoms with E-state index in [-0.39, 0.29) is 42.4 Å². The van der Waals surface area contributed by atoms with E-state index in [1.54, 1.807) is 46.4 Å². The van der Waals surface area contributed by atoms with Crippen LogP contribution >= 0.6 is 8.38 Å². The van der Waals surface area contributed by atoms with Gasteiger partial charge in [-0.15, -0.1) is 0 Å². The summed E-state index contributed by atoms with van der Waals surface area (Å²) in [5.74, 6) is -3.19. The molecule has 3 aliphatic rings. The van der Waals surface area contributed by atoms with Crippen LogP contribution in [-0.2, 0) is 43.4 Å². The molecule has 0 aromatic heterocycles. The molecule has 3 amide bonds. The van der Waals surface area contributed by atoms with Crippen LogP contribution in [0.25, 0.3) is 15.6 Å². The number of esters is 2.